The highest BCUT2D eigenvalue weighted by molar-refractivity contribution is 6.34. The number of hydrogen-bond acceptors (Lipinski definition) is 2. The minimum Gasteiger partial charge on any atom is -0.509 e. The fraction of sp³-hybridized carbons (Fsp3) is 0. The van der Waals surface area contributed by atoms with Gasteiger partial charge in [0.2, 0.25) is 0 Å². The Morgan fingerprint density at radius 2 is 2.20 bits per heavy atom. The van der Waals surface area contributed by atoms with Crippen molar-refractivity contribution >= 4 is 20.7 Å². The molecule has 0 saturated carbocycles. The third kappa shape index (κ3) is 1.30. The normalized spacial score (nSPS) is 8.70. The predicted molar refractivity (Wildman–Crippen MR) is 38.2 cm³/mol. The number of nitrogens with zero attached hydrogens (tertiary/aromatic N) is 1. The lowest BCUT2D eigenvalue weighted by atomic mass is 10.2. The van der Waals surface area contributed by atoms with Crippen LogP contribution in [0.25, 0.3) is 0 Å². The first kappa shape index (κ1) is 7.15. The van der Waals surface area contributed by atoms with Crippen LogP contribution in [0.2, 0.25) is 0 Å². The van der Waals surface area contributed by atoms with Crippen LogP contribution in [0.3, 0.4) is 0 Å². The molecule has 0 aromatic heterocycles. The molecule has 0 fully saturated rings. The van der Waals surface area contributed by atoms with Gasteiger partial charge in [0.05, 0.1) is 17.4 Å². The van der Waals surface area contributed by atoms with E-state index < -0.39 is 0 Å². The Morgan fingerprint density at radius 1 is 1.50 bits per heavy atom. The Labute approximate surface area is 67.1 Å². The maximum Gasteiger partial charge on any atom is 0.182 e. The van der Waals surface area contributed by atoms with Crippen LogP contribution in [-0.4, -0.2) is 21.4 Å². The Morgan fingerprint density at radius 3 is 2.70 bits per heavy atom. The minimum absolute atomic E-state index is 0.198. The fourth-order valence-corrected chi connectivity index (χ4v) is 0.900. The molecule has 0 spiro atoms. The molecule has 3 heteroatoms. The maximum atomic E-state index is 9.01. The van der Waals surface area contributed by atoms with Crippen molar-refractivity contribution in [3.63, 3.8) is 0 Å². The quantitative estimate of drug-likeness (QED) is 0.524. The lowest BCUT2D eigenvalue weighted by Crippen LogP contribution is -2.02. The molecule has 1 N–H and O–H groups in total. The smallest absolute Gasteiger partial charge is 0.182 e. The molecule has 1 rings (SSSR count). The number of phenols is 1. The van der Waals surface area contributed by atoms with Crippen LogP contribution in [0.1, 0.15) is 5.56 Å². The molecule has 1 aromatic rings. The standard InChI is InChI=1S/C7H4NO.Al/c8-5-6-1-3-7(9)4-2-6;/h1-3,9H;. The number of aromatic hydroxyl groups is 1. The largest absolute Gasteiger partial charge is 0.509 e. The van der Waals surface area contributed by atoms with Gasteiger partial charge in [-0.1, -0.05) is 10.5 Å². The predicted octanol–water partition coefficient (Wildman–Crippen LogP) is 0.0577. The van der Waals surface area contributed by atoms with E-state index in [1.54, 1.807) is 12.1 Å². The van der Waals surface area contributed by atoms with Crippen LogP contribution < -0.4 is 4.43 Å². The first-order valence-electron chi connectivity index (χ1n) is 2.72. The summed E-state index contributed by atoms with van der Waals surface area (Å²) in [5, 5.41) is 17.4. The van der Waals surface area contributed by atoms with Crippen molar-refractivity contribution in [3.05, 3.63) is 23.8 Å². The molecule has 2 radical (unpaired) electrons. The zero-order valence-electron chi connectivity index (χ0n) is 5.20. The second-order valence-corrected chi connectivity index (χ2v) is 2.51. The minimum atomic E-state index is 0.198. The molecule has 0 atom stereocenters. The van der Waals surface area contributed by atoms with E-state index in [-0.39, 0.29) is 5.75 Å². The summed E-state index contributed by atoms with van der Waals surface area (Å²) >= 11 is 2.35. The van der Waals surface area contributed by atoms with Gasteiger partial charge in [0.1, 0.15) is 0 Å². The van der Waals surface area contributed by atoms with Crippen molar-refractivity contribution in [2.45, 2.75) is 0 Å². The highest BCUT2D eigenvalue weighted by Gasteiger charge is 1.93. The van der Waals surface area contributed by atoms with Crippen LogP contribution in [0.4, 0.5) is 0 Å². The summed E-state index contributed by atoms with van der Waals surface area (Å²) in [4.78, 5) is 0. The highest BCUT2D eigenvalue weighted by atomic mass is 27.0. The van der Waals surface area contributed by atoms with Crippen LogP contribution in [0, 0.1) is 11.3 Å². The van der Waals surface area contributed by atoms with Crippen molar-refractivity contribution in [1.29, 1.82) is 5.26 Å². The molecule has 0 aliphatic carbocycles. The van der Waals surface area contributed by atoms with Gasteiger partial charge in [0.25, 0.3) is 0 Å². The van der Waals surface area contributed by atoms with Crippen molar-refractivity contribution in [1.82, 2.24) is 0 Å². The molecule has 0 bridgehead atoms. The topological polar surface area (TPSA) is 44.0 Å². The average Bonchev–Trinajstić information content (AvgIpc) is 1.95. The summed E-state index contributed by atoms with van der Waals surface area (Å²) in [6, 6.07) is 6.65. The molecule has 0 aliphatic heterocycles. The number of nitriles is 1. The first-order valence-corrected chi connectivity index (χ1v) is 3.30. The van der Waals surface area contributed by atoms with Crippen molar-refractivity contribution < 1.29 is 5.11 Å². The van der Waals surface area contributed by atoms with E-state index in [1.807, 2.05) is 6.07 Å². The van der Waals surface area contributed by atoms with E-state index in [9.17, 15) is 0 Å². The van der Waals surface area contributed by atoms with Gasteiger partial charge in [-0.05, 0) is 12.1 Å². The molecule has 10 heavy (non-hydrogen) atoms. The molecule has 0 heterocycles. The summed E-state index contributed by atoms with van der Waals surface area (Å²) in [5.41, 5.74) is 0.558. The number of phenolic OH excluding ortho intramolecular Hbond substituents is 1. The molecule has 46 valence electrons. The van der Waals surface area contributed by atoms with Gasteiger partial charge in [-0.25, -0.2) is 0 Å². The third-order valence-corrected chi connectivity index (χ3v) is 1.62. The van der Waals surface area contributed by atoms with Crippen LogP contribution >= 0.6 is 0 Å². The summed E-state index contributed by atoms with van der Waals surface area (Å²) in [7, 11) is 0. The van der Waals surface area contributed by atoms with Crippen LogP contribution in [-0.2, 0) is 0 Å². The van der Waals surface area contributed by atoms with Gasteiger partial charge in [-0.3, -0.25) is 0 Å². The molecule has 0 amide bonds. The summed E-state index contributed by atoms with van der Waals surface area (Å²) < 4.78 is 0.652. The van der Waals surface area contributed by atoms with Crippen LogP contribution in [0.5, 0.6) is 5.75 Å². The highest BCUT2D eigenvalue weighted by Crippen LogP contribution is 2.04. The van der Waals surface area contributed by atoms with Gasteiger partial charge >= 0.3 is 0 Å². The van der Waals surface area contributed by atoms with E-state index in [0.29, 0.717) is 9.99 Å². The van der Waals surface area contributed by atoms with Gasteiger partial charge < -0.3 is 5.11 Å². The Kier molecular flexibility index (Phi) is 1.97. The lowest BCUT2D eigenvalue weighted by Gasteiger charge is -1.97. The van der Waals surface area contributed by atoms with E-state index in [1.165, 1.54) is 6.07 Å². The van der Waals surface area contributed by atoms with E-state index in [0.717, 1.165) is 0 Å². The van der Waals surface area contributed by atoms with Crippen LogP contribution in [0.15, 0.2) is 18.2 Å². The van der Waals surface area contributed by atoms with E-state index >= 15 is 0 Å². The van der Waals surface area contributed by atoms with Gasteiger partial charge in [-0.15, -0.1) is 0 Å². The molecule has 1 aromatic carbocycles. The molecule has 0 aliphatic rings. The van der Waals surface area contributed by atoms with Crippen molar-refractivity contribution in [3.8, 4) is 11.8 Å². The maximum absolute atomic E-state index is 9.01. The molecular weight excluding hydrogens is 141 g/mol. The van der Waals surface area contributed by atoms with Gasteiger partial charge in [0, 0.05) is 0 Å². The number of benzene rings is 1. The average molecular weight is 145 g/mol. The monoisotopic (exact) mass is 145 g/mol. The van der Waals surface area contributed by atoms with E-state index in [4.69, 9.17) is 10.4 Å². The molecule has 0 unspecified atom stereocenters. The zero-order chi connectivity index (χ0) is 7.56. The molecular formula is C7H4AlNO. The van der Waals surface area contributed by atoms with Gasteiger partial charge in [0.15, 0.2) is 16.3 Å². The van der Waals surface area contributed by atoms with E-state index in [2.05, 4.69) is 16.3 Å². The summed E-state index contributed by atoms with van der Waals surface area (Å²) in [5.74, 6) is 0.198. The third-order valence-electron chi connectivity index (χ3n) is 1.16. The van der Waals surface area contributed by atoms with Crippen molar-refractivity contribution in [2.75, 3.05) is 0 Å². The Hall–Kier alpha value is -0.958. The SMILES string of the molecule is N#Cc1ccc(O)[c]([Al])c1. The number of hydrogen-bond donors (Lipinski definition) is 1. The fourth-order valence-electron chi connectivity index (χ4n) is 0.624. The summed E-state index contributed by atoms with van der Waals surface area (Å²) in [6.45, 7) is 0. The molecule has 2 nitrogen and oxygen atoms in total. The Bertz CT molecular complexity index is 290. The molecule has 0 saturated heterocycles. The second kappa shape index (κ2) is 2.75. The number of rotatable bonds is 0. The van der Waals surface area contributed by atoms with Gasteiger partial charge in [-0.2, -0.15) is 5.26 Å². The zero-order valence-corrected chi connectivity index (χ0v) is 6.36. The second-order valence-electron chi connectivity index (χ2n) is 1.89. The lowest BCUT2D eigenvalue weighted by molar-refractivity contribution is 0.479. The van der Waals surface area contributed by atoms with Crippen molar-refractivity contribution in [2.24, 2.45) is 0 Å². The first-order chi connectivity index (χ1) is 4.74. The Balaban J connectivity index is 3.20. The summed E-state index contributed by atoms with van der Waals surface area (Å²) in [6.07, 6.45) is 0.